The number of likely N-dealkylation sites (tertiary alicyclic amines) is 1. The number of amides is 1. The zero-order chi connectivity index (χ0) is 13.8. The van der Waals surface area contributed by atoms with E-state index in [4.69, 9.17) is 9.47 Å². The number of carbonyl (C=O) groups is 1. The van der Waals surface area contributed by atoms with Crippen molar-refractivity contribution < 1.29 is 14.3 Å². The smallest absolute Gasteiger partial charge is 0.257 e. The number of nitrogens with zero attached hydrogens (tertiary/aromatic N) is 1. The Kier molecular flexibility index (Phi) is 4.69. The summed E-state index contributed by atoms with van der Waals surface area (Å²) in [5.74, 6) is 1.26. The van der Waals surface area contributed by atoms with Crippen molar-refractivity contribution in [2.75, 3.05) is 27.3 Å². The number of benzene rings is 1. The molecular weight excluding hydrogens is 310 g/mol. The Morgan fingerprint density at radius 3 is 2.79 bits per heavy atom. The molecule has 1 aliphatic heterocycles. The summed E-state index contributed by atoms with van der Waals surface area (Å²) in [6, 6.07) is 5.28. The monoisotopic (exact) mass is 327 g/mol. The first-order valence-corrected chi connectivity index (χ1v) is 7.22. The predicted octanol–water partition coefficient (Wildman–Crippen LogP) is 2.70. The molecule has 1 heterocycles. The van der Waals surface area contributed by atoms with Crippen molar-refractivity contribution in [3.8, 4) is 11.5 Å². The van der Waals surface area contributed by atoms with Gasteiger partial charge in [0.2, 0.25) is 0 Å². The van der Waals surface area contributed by atoms with E-state index in [1.807, 2.05) is 4.90 Å². The second-order valence-electron chi connectivity index (χ2n) is 4.56. The summed E-state index contributed by atoms with van der Waals surface area (Å²) in [5, 5.41) is 0. The SMILES string of the molecule is COc1ccc(C(=O)N2CCCC(Br)C2)c(OC)c1. The number of alkyl halides is 1. The molecule has 0 N–H and O–H groups in total. The third-order valence-corrected chi connectivity index (χ3v) is 4.04. The van der Waals surface area contributed by atoms with Gasteiger partial charge in [-0.25, -0.2) is 0 Å². The highest BCUT2D eigenvalue weighted by Crippen LogP contribution is 2.27. The highest BCUT2D eigenvalue weighted by atomic mass is 79.9. The van der Waals surface area contributed by atoms with Gasteiger partial charge in [-0.05, 0) is 25.0 Å². The number of hydrogen-bond acceptors (Lipinski definition) is 3. The predicted molar refractivity (Wildman–Crippen MR) is 77.4 cm³/mol. The van der Waals surface area contributed by atoms with Crippen LogP contribution >= 0.6 is 15.9 Å². The van der Waals surface area contributed by atoms with E-state index in [1.54, 1.807) is 32.4 Å². The summed E-state index contributed by atoms with van der Waals surface area (Å²) in [7, 11) is 3.16. The van der Waals surface area contributed by atoms with Crippen molar-refractivity contribution in [1.82, 2.24) is 4.90 Å². The van der Waals surface area contributed by atoms with E-state index in [9.17, 15) is 4.79 Å². The van der Waals surface area contributed by atoms with E-state index in [0.717, 1.165) is 25.9 Å². The number of halogens is 1. The van der Waals surface area contributed by atoms with Crippen LogP contribution in [0.25, 0.3) is 0 Å². The van der Waals surface area contributed by atoms with E-state index >= 15 is 0 Å². The largest absolute Gasteiger partial charge is 0.497 e. The summed E-state index contributed by atoms with van der Waals surface area (Å²) >= 11 is 3.58. The molecule has 0 radical (unpaired) electrons. The highest BCUT2D eigenvalue weighted by molar-refractivity contribution is 9.09. The van der Waals surface area contributed by atoms with Gasteiger partial charge in [0.15, 0.2) is 0 Å². The molecule has 4 nitrogen and oxygen atoms in total. The first-order chi connectivity index (χ1) is 9.15. The highest BCUT2D eigenvalue weighted by Gasteiger charge is 2.25. The van der Waals surface area contributed by atoms with Gasteiger partial charge in [-0.15, -0.1) is 0 Å². The molecule has 0 saturated carbocycles. The summed E-state index contributed by atoms with van der Waals surface area (Å²) < 4.78 is 10.4. The summed E-state index contributed by atoms with van der Waals surface area (Å²) in [5.41, 5.74) is 0.588. The number of rotatable bonds is 3. The Morgan fingerprint density at radius 2 is 2.16 bits per heavy atom. The third-order valence-electron chi connectivity index (χ3n) is 3.29. The summed E-state index contributed by atoms with van der Waals surface area (Å²) in [6.07, 6.45) is 2.14. The fourth-order valence-corrected chi connectivity index (χ4v) is 2.93. The van der Waals surface area contributed by atoms with Crippen molar-refractivity contribution in [3.05, 3.63) is 23.8 Å². The lowest BCUT2D eigenvalue weighted by molar-refractivity contribution is 0.0726. The Balaban J connectivity index is 2.22. The van der Waals surface area contributed by atoms with Gasteiger partial charge in [-0.1, -0.05) is 15.9 Å². The van der Waals surface area contributed by atoms with E-state index in [1.165, 1.54) is 0 Å². The molecule has 0 aromatic heterocycles. The summed E-state index contributed by atoms with van der Waals surface area (Å²) in [6.45, 7) is 1.55. The van der Waals surface area contributed by atoms with Gasteiger partial charge < -0.3 is 14.4 Å². The first-order valence-electron chi connectivity index (χ1n) is 6.31. The van der Waals surface area contributed by atoms with Gasteiger partial charge in [0.05, 0.1) is 19.8 Å². The average Bonchev–Trinajstić information content (AvgIpc) is 2.45. The third kappa shape index (κ3) is 3.21. The lowest BCUT2D eigenvalue weighted by Gasteiger charge is -2.30. The Hall–Kier alpha value is -1.23. The van der Waals surface area contributed by atoms with Crippen molar-refractivity contribution in [2.45, 2.75) is 17.7 Å². The molecule has 1 saturated heterocycles. The maximum Gasteiger partial charge on any atom is 0.257 e. The molecule has 1 amide bonds. The second kappa shape index (κ2) is 6.28. The Labute approximate surface area is 121 Å². The maximum atomic E-state index is 12.5. The minimum Gasteiger partial charge on any atom is -0.497 e. The molecule has 19 heavy (non-hydrogen) atoms. The van der Waals surface area contributed by atoms with Gasteiger partial charge in [0.1, 0.15) is 11.5 Å². The molecule has 1 atom stereocenters. The number of ether oxygens (including phenoxy) is 2. The zero-order valence-electron chi connectivity index (χ0n) is 11.2. The fraction of sp³-hybridized carbons (Fsp3) is 0.500. The van der Waals surface area contributed by atoms with Crippen LogP contribution in [0.3, 0.4) is 0 Å². The lowest BCUT2D eigenvalue weighted by Crippen LogP contribution is -2.40. The number of methoxy groups -OCH3 is 2. The molecule has 0 spiro atoms. The van der Waals surface area contributed by atoms with E-state index < -0.39 is 0 Å². The fourth-order valence-electron chi connectivity index (χ4n) is 2.26. The summed E-state index contributed by atoms with van der Waals surface area (Å²) in [4.78, 5) is 14.8. The quantitative estimate of drug-likeness (QED) is 0.801. The van der Waals surface area contributed by atoms with Crippen LogP contribution in [0, 0.1) is 0 Å². The first kappa shape index (κ1) is 14.2. The van der Waals surface area contributed by atoms with E-state index in [0.29, 0.717) is 21.9 Å². The number of piperidine rings is 1. The Bertz CT molecular complexity index is 464. The molecule has 1 aromatic rings. The topological polar surface area (TPSA) is 38.8 Å². The molecule has 2 rings (SSSR count). The van der Waals surface area contributed by atoms with Gasteiger partial charge in [0.25, 0.3) is 5.91 Å². The van der Waals surface area contributed by atoms with Gasteiger partial charge in [-0.3, -0.25) is 4.79 Å². The van der Waals surface area contributed by atoms with Crippen molar-refractivity contribution >= 4 is 21.8 Å². The van der Waals surface area contributed by atoms with Gasteiger partial charge in [-0.2, -0.15) is 0 Å². The number of hydrogen-bond donors (Lipinski definition) is 0. The molecule has 0 bridgehead atoms. The van der Waals surface area contributed by atoms with Crippen LogP contribution < -0.4 is 9.47 Å². The van der Waals surface area contributed by atoms with Crippen LogP contribution in [0.5, 0.6) is 11.5 Å². The minimum atomic E-state index is 0.0173. The maximum absolute atomic E-state index is 12.5. The minimum absolute atomic E-state index is 0.0173. The van der Waals surface area contributed by atoms with Crippen LogP contribution in [0.15, 0.2) is 18.2 Å². The van der Waals surface area contributed by atoms with Crippen LogP contribution in [-0.2, 0) is 0 Å². The van der Waals surface area contributed by atoms with E-state index in [-0.39, 0.29) is 5.91 Å². The average molecular weight is 328 g/mol. The zero-order valence-corrected chi connectivity index (χ0v) is 12.8. The lowest BCUT2D eigenvalue weighted by atomic mass is 10.1. The van der Waals surface area contributed by atoms with Crippen LogP contribution in [-0.4, -0.2) is 42.9 Å². The Morgan fingerprint density at radius 1 is 1.37 bits per heavy atom. The van der Waals surface area contributed by atoms with Crippen molar-refractivity contribution in [1.29, 1.82) is 0 Å². The van der Waals surface area contributed by atoms with Gasteiger partial charge >= 0.3 is 0 Å². The normalized spacial score (nSPS) is 19.1. The second-order valence-corrected chi connectivity index (χ2v) is 5.85. The molecular formula is C14H18BrNO3. The van der Waals surface area contributed by atoms with Gasteiger partial charge in [0, 0.05) is 24.0 Å². The molecule has 1 aromatic carbocycles. The van der Waals surface area contributed by atoms with E-state index in [2.05, 4.69) is 15.9 Å². The van der Waals surface area contributed by atoms with Crippen LogP contribution in [0.1, 0.15) is 23.2 Å². The molecule has 1 unspecified atom stereocenters. The molecule has 104 valence electrons. The van der Waals surface area contributed by atoms with Crippen LogP contribution in [0.2, 0.25) is 0 Å². The van der Waals surface area contributed by atoms with Crippen molar-refractivity contribution in [3.63, 3.8) is 0 Å². The number of carbonyl (C=O) groups excluding carboxylic acids is 1. The molecule has 5 heteroatoms. The van der Waals surface area contributed by atoms with Crippen LogP contribution in [0.4, 0.5) is 0 Å². The molecule has 0 aliphatic carbocycles. The molecule has 1 fully saturated rings. The standard InChI is InChI=1S/C14H18BrNO3/c1-18-11-5-6-12(13(8-11)19-2)14(17)16-7-3-4-10(15)9-16/h5-6,8,10H,3-4,7,9H2,1-2H3. The van der Waals surface area contributed by atoms with Crippen molar-refractivity contribution in [2.24, 2.45) is 0 Å². The molecule has 1 aliphatic rings.